The maximum absolute atomic E-state index is 11.1. The number of aromatic nitrogens is 2. The lowest BCUT2D eigenvalue weighted by Gasteiger charge is -2.15. The smallest absolute Gasteiger partial charge is 0.173 e. The zero-order valence-electron chi connectivity index (χ0n) is 10.4. The van der Waals surface area contributed by atoms with Crippen LogP contribution in [0, 0.1) is 0 Å². The molecule has 0 unspecified atom stereocenters. The summed E-state index contributed by atoms with van der Waals surface area (Å²) >= 11 is 6.07. The van der Waals surface area contributed by atoms with E-state index in [2.05, 4.69) is 10.2 Å². The van der Waals surface area contributed by atoms with Gasteiger partial charge < -0.3 is 15.2 Å². The number of hydrogen-bond acceptors (Lipinski definition) is 5. The lowest BCUT2D eigenvalue weighted by molar-refractivity contribution is 0.112. The van der Waals surface area contributed by atoms with Crippen LogP contribution in [-0.4, -0.2) is 30.7 Å². The molecule has 0 aliphatic rings. The zero-order chi connectivity index (χ0) is 14.0. The number of carbonyl (C=O) groups is 1. The molecule has 6 nitrogen and oxygen atoms in total. The maximum Gasteiger partial charge on any atom is 0.173 e. The Bertz CT molecular complexity index is 625. The Balaban J connectivity index is 2.79. The Kier molecular flexibility index (Phi) is 3.62. The second-order valence-corrected chi connectivity index (χ2v) is 4.11. The second kappa shape index (κ2) is 5.19. The van der Waals surface area contributed by atoms with Crippen molar-refractivity contribution in [2.75, 3.05) is 20.0 Å². The lowest BCUT2D eigenvalue weighted by atomic mass is 10.0. The number of rotatable bonds is 4. The minimum absolute atomic E-state index is 0.229. The number of aromatic amines is 1. The van der Waals surface area contributed by atoms with Gasteiger partial charge in [0.25, 0.3) is 0 Å². The van der Waals surface area contributed by atoms with Crippen LogP contribution in [0.5, 0.6) is 11.5 Å². The number of nitrogens with one attached hydrogen (secondary N) is 1. The Morgan fingerprint density at radius 1 is 1.32 bits per heavy atom. The summed E-state index contributed by atoms with van der Waals surface area (Å²) in [6.07, 6.45) is 2.16. The minimum Gasteiger partial charge on any atom is -0.492 e. The molecule has 0 saturated heterocycles. The molecule has 0 atom stereocenters. The van der Waals surface area contributed by atoms with Crippen molar-refractivity contribution < 1.29 is 14.3 Å². The fraction of sp³-hybridized carbons (Fsp3) is 0.167. The van der Waals surface area contributed by atoms with Crippen molar-refractivity contribution in [3.8, 4) is 22.6 Å². The Morgan fingerprint density at radius 2 is 2.00 bits per heavy atom. The summed E-state index contributed by atoms with van der Waals surface area (Å²) < 4.78 is 10.5. The van der Waals surface area contributed by atoms with Gasteiger partial charge in [-0.2, -0.15) is 5.10 Å². The number of H-pyrrole nitrogens is 1. The summed E-state index contributed by atoms with van der Waals surface area (Å²) in [5.74, 6) is 1.01. The van der Waals surface area contributed by atoms with E-state index < -0.39 is 0 Å². The predicted octanol–water partition coefficient (Wildman–Crippen LogP) is 2.14. The third-order valence-electron chi connectivity index (χ3n) is 2.71. The average Bonchev–Trinajstić information content (AvgIpc) is 2.83. The molecule has 1 aromatic carbocycles. The van der Waals surface area contributed by atoms with Crippen molar-refractivity contribution in [1.29, 1.82) is 0 Å². The molecule has 0 radical (unpaired) electrons. The fourth-order valence-corrected chi connectivity index (χ4v) is 2.09. The van der Waals surface area contributed by atoms with Gasteiger partial charge >= 0.3 is 0 Å². The Morgan fingerprint density at radius 3 is 2.47 bits per heavy atom. The van der Waals surface area contributed by atoms with Crippen LogP contribution in [-0.2, 0) is 0 Å². The summed E-state index contributed by atoms with van der Waals surface area (Å²) in [5.41, 5.74) is 7.23. The number of hydrogen-bond donors (Lipinski definition) is 2. The van der Waals surface area contributed by atoms with Gasteiger partial charge in [0.1, 0.15) is 5.82 Å². The van der Waals surface area contributed by atoms with Gasteiger partial charge in [0.05, 0.1) is 31.0 Å². The number of ether oxygens (including phenoxy) is 2. The second-order valence-electron chi connectivity index (χ2n) is 3.70. The van der Waals surface area contributed by atoms with Gasteiger partial charge in [-0.05, 0) is 6.07 Å². The first-order chi connectivity index (χ1) is 9.13. The molecule has 19 heavy (non-hydrogen) atoms. The van der Waals surface area contributed by atoms with Gasteiger partial charge in [-0.1, -0.05) is 11.6 Å². The highest BCUT2D eigenvalue weighted by Crippen LogP contribution is 2.44. The summed E-state index contributed by atoms with van der Waals surface area (Å²) in [6, 6.07) is 1.59. The molecule has 1 heterocycles. The first-order valence-electron chi connectivity index (χ1n) is 5.32. The lowest BCUT2D eigenvalue weighted by Crippen LogP contribution is -1.99. The number of nitrogens with two attached hydrogens (primary N) is 1. The topological polar surface area (TPSA) is 90.2 Å². The standard InChI is InChI=1S/C12H12ClN3O3/c1-18-10-6(7-4-15-16-12(7)14)3-9(13)8(5-17)11(10)19-2/h3-5H,1-2H3,(H3,14,15,16). The molecule has 7 heteroatoms. The highest BCUT2D eigenvalue weighted by Gasteiger charge is 2.21. The van der Waals surface area contributed by atoms with E-state index in [1.807, 2.05) is 0 Å². The first kappa shape index (κ1) is 13.2. The number of methoxy groups -OCH3 is 2. The van der Waals surface area contributed by atoms with Crippen LogP contribution in [0.25, 0.3) is 11.1 Å². The van der Waals surface area contributed by atoms with Crippen molar-refractivity contribution in [1.82, 2.24) is 10.2 Å². The Hall–Kier alpha value is -2.21. The monoisotopic (exact) mass is 281 g/mol. The highest BCUT2D eigenvalue weighted by atomic mass is 35.5. The van der Waals surface area contributed by atoms with Crippen LogP contribution < -0.4 is 15.2 Å². The third kappa shape index (κ3) is 2.10. The zero-order valence-corrected chi connectivity index (χ0v) is 11.1. The van der Waals surface area contributed by atoms with Crippen molar-refractivity contribution in [3.05, 3.63) is 22.8 Å². The van der Waals surface area contributed by atoms with Crippen molar-refractivity contribution in [2.24, 2.45) is 0 Å². The van der Waals surface area contributed by atoms with Crippen LogP contribution in [0.4, 0.5) is 5.82 Å². The molecule has 3 N–H and O–H groups in total. The van der Waals surface area contributed by atoms with E-state index >= 15 is 0 Å². The van der Waals surface area contributed by atoms with Gasteiger partial charge in [0.2, 0.25) is 0 Å². The SMILES string of the molecule is COc1c(-c2cn[nH]c2N)cc(Cl)c(C=O)c1OC. The molecular weight excluding hydrogens is 270 g/mol. The molecule has 0 aliphatic carbocycles. The van der Waals surface area contributed by atoms with Crippen molar-refractivity contribution in [2.45, 2.75) is 0 Å². The predicted molar refractivity (Wildman–Crippen MR) is 71.9 cm³/mol. The van der Waals surface area contributed by atoms with Gasteiger partial charge in [0, 0.05) is 11.1 Å². The van der Waals surface area contributed by atoms with E-state index in [4.69, 9.17) is 26.8 Å². The maximum atomic E-state index is 11.1. The molecule has 2 rings (SSSR count). The highest BCUT2D eigenvalue weighted by molar-refractivity contribution is 6.33. The number of nitrogens with zero attached hydrogens (tertiary/aromatic N) is 1. The molecule has 100 valence electrons. The van der Waals surface area contributed by atoms with Crippen LogP contribution >= 0.6 is 11.6 Å². The van der Waals surface area contributed by atoms with Crippen molar-refractivity contribution in [3.63, 3.8) is 0 Å². The van der Waals surface area contributed by atoms with E-state index in [0.717, 1.165) is 0 Å². The normalized spacial score (nSPS) is 10.3. The largest absolute Gasteiger partial charge is 0.492 e. The van der Waals surface area contributed by atoms with Gasteiger partial charge in [-0.15, -0.1) is 0 Å². The number of halogens is 1. The molecule has 0 aliphatic heterocycles. The number of anilines is 1. The fourth-order valence-electron chi connectivity index (χ4n) is 1.85. The molecule has 2 aromatic rings. The molecule has 0 saturated carbocycles. The quantitative estimate of drug-likeness (QED) is 0.838. The van der Waals surface area contributed by atoms with Crippen LogP contribution in [0.1, 0.15) is 10.4 Å². The molecule has 0 bridgehead atoms. The number of carbonyl (C=O) groups excluding carboxylic acids is 1. The molecule has 0 fully saturated rings. The average molecular weight is 282 g/mol. The third-order valence-corrected chi connectivity index (χ3v) is 3.02. The Labute approximate surface area is 114 Å². The number of nitrogen functional groups attached to an aromatic ring is 1. The minimum atomic E-state index is 0.229. The van der Waals surface area contributed by atoms with Gasteiger partial charge in [-0.3, -0.25) is 9.89 Å². The van der Waals surface area contributed by atoms with E-state index in [0.29, 0.717) is 29.0 Å². The van der Waals surface area contributed by atoms with E-state index in [-0.39, 0.29) is 16.3 Å². The number of aldehydes is 1. The van der Waals surface area contributed by atoms with Gasteiger partial charge in [0.15, 0.2) is 17.8 Å². The van der Waals surface area contributed by atoms with E-state index in [1.54, 1.807) is 12.3 Å². The molecule has 0 spiro atoms. The molecule has 0 amide bonds. The van der Waals surface area contributed by atoms with Crippen molar-refractivity contribution >= 4 is 23.7 Å². The molecule has 1 aromatic heterocycles. The number of benzene rings is 1. The van der Waals surface area contributed by atoms with E-state index in [9.17, 15) is 4.79 Å². The van der Waals surface area contributed by atoms with Gasteiger partial charge in [-0.25, -0.2) is 0 Å². The first-order valence-corrected chi connectivity index (χ1v) is 5.70. The summed E-state index contributed by atoms with van der Waals surface area (Å²) in [5, 5.41) is 6.72. The van der Waals surface area contributed by atoms with Crippen LogP contribution in [0.2, 0.25) is 5.02 Å². The van der Waals surface area contributed by atoms with E-state index in [1.165, 1.54) is 14.2 Å². The summed E-state index contributed by atoms with van der Waals surface area (Å²) in [6.45, 7) is 0. The summed E-state index contributed by atoms with van der Waals surface area (Å²) in [7, 11) is 2.91. The van der Waals surface area contributed by atoms with Crippen LogP contribution in [0.3, 0.4) is 0 Å². The summed E-state index contributed by atoms with van der Waals surface area (Å²) in [4.78, 5) is 11.1. The molecular formula is C12H12ClN3O3. The van der Waals surface area contributed by atoms with Crippen LogP contribution in [0.15, 0.2) is 12.3 Å².